The smallest absolute Gasteiger partial charge is 0.383 e. The number of amides is 2. The van der Waals surface area contributed by atoms with Crippen LogP contribution >= 0.6 is 0 Å². The second-order valence-corrected chi connectivity index (χ2v) is 8.50. The number of rotatable bonds is 4. The van der Waals surface area contributed by atoms with Crippen molar-refractivity contribution in [2.45, 2.75) is 12.7 Å². The van der Waals surface area contributed by atoms with Crippen molar-refractivity contribution in [2.24, 2.45) is 7.05 Å². The number of pyridine rings is 1. The number of benzene rings is 2. The van der Waals surface area contributed by atoms with Crippen molar-refractivity contribution in [1.29, 1.82) is 0 Å². The lowest BCUT2D eigenvalue weighted by Gasteiger charge is -2.37. The van der Waals surface area contributed by atoms with Gasteiger partial charge in [0.15, 0.2) is 0 Å². The number of aromatic nitrogens is 3. The van der Waals surface area contributed by atoms with Crippen LogP contribution in [0.3, 0.4) is 0 Å². The molecule has 13 heteroatoms. The number of carbonyl (C=O) groups is 2. The Bertz CT molecular complexity index is 1550. The molecule has 2 N–H and O–H groups in total. The van der Waals surface area contributed by atoms with Crippen molar-refractivity contribution in [1.82, 2.24) is 24.8 Å². The number of nitrogen functional groups attached to an aromatic ring is 1. The Kier molecular flexibility index (Phi) is 5.94. The van der Waals surface area contributed by atoms with Gasteiger partial charge in [-0.2, -0.15) is 18.3 Å². The van der Waals surface area contributed by atoms with Gasteiger partial charge in [0.25, 0.3) is 11.8 Å². The van der Waals surface area contributed by atoms with Crippen molar-refractivity contribution in [3.8, 4) is 0 Å². The maximum Gasteiger partial charge on any atom is 0.416 e. The van der Waals surface area contributed by atoms with Gasteiger partial charge in [0.2, 0.25) is 0 Å². The molecule has 2 aromatic heterocycles. The lowest BCUT2D eigenvalue weighted by molar-refractivity contribution is -0.160. The molecule has 2 amide bonds. The number of carbonyl (C=O) groups excluding carboxylic acids is 2. The van der Waals surface area contributed by atoms with Crippen LogP contribution in [0.25, 0.3) is 21.8 Å². The van der Waals surface area contributed by atoms with Crippen molar-refractivity contribution < 1.29 is 31.9 Å². The first-order valence-corrected chi connectivity index (χ1v) is 11.1. The van der Waals surface area contributed by atoms with Crippen molar-refractivity contribution >= 4 is 39.4 Å². The molecule has 1 aliphatic rings. The van der Waals surface area contributed by atoms with E-state index in [1.165, 1.54) is 6.07 Å². The fourth-order valence-corrected chi connectivity index (χ4v) is 4.28. The van der Waals surface area contributed by atoms with Gasteiger partial charge < -0.3 is 10.5 Å². The number of alkyl halides is 3. The zero-order valence-electron chi connectivity index (χ0n) is 19.4. The molecule has 2 aromatic carbocycles. The van der Waals surface area contributed by atoms with E-state index in [-0.39, 0.29) is 36.7 Å². The van der Waals surface area contributed by atoms with Crippen LogP contribution in [0.15, 0.2) is 42.6 Å². The number of ether oxygens (including phenoxy) is 1. The highest BCUT2D eigenvalue weighted by molar-refractivity contribution is 6.10. The quantitative estimate of drug-likeness (QED) is 0.418. The summed E-state index contributed by atoms with van der Waals surface area (Å²) in [5, 5.41) is 7.50. The van der Waals surface area contributed by atoms with Gasteiger partial charge in [-0.15, -0.1) is 0 Å². The number of aryl methyl sites for hydroxylation is 1. The first-order chi connectivity index (χ1) is 17.5. The molecule has 0 radical (unpaired) electrons. The summed E-state index contributed by atoms with van der Waals surface area (Å²) in [5.74, 6) is -2.09. The van der Waals surface area contributed by atoms with E-state index < -0.39 is 35.9 Å². The monoisotopic (exact) mass is 516 g/mol. The van der Waals surface area contributed by atoms with E-state index >= 15 is 0 Å². The predicted octanol–water partition coefficient (Wildman–Crippen LogP) is 3.28. The number of halogens is 4. The van der Waals surface area contributed by atoms with E-state index in [0.29, 0.717) is 27.9 Å². The van der Waals surface area contributed by atoms with E-state index in [9.17, 15) is 27.2 Å². The van der Waals surface area contributed by atoms with E-state index in [2.05, 4.69) is 10.1 Å². The van der Waals surface area contributed by atoms with Crippen molar-refractivity contribution in [2.75, 3.05) is 25.5 Å². The number of anilines is 1. The Labute approximate surface area is 207 Å². The summed E-state index contributed by atoms with van der Waals surface area (Å²) < 4.78 is 60.4. The SMILES string of the molecule is Cn1ncc2c(N)nc3ccc(C(=O)N(Cc4ccc(C(F)(F)F)cc4F)N4CCOCC4=O)cc3c21. The number of fused-ring (bicyclic) bond motifs is 3. The molecule has 37 heavy (non-hydrogen) atoms. The summed E-state index contributed by atoms with van der Waals surface area (Å²) in [4.78, 5) is 30.7. The summed E-state index contributed by atoms with van der Waals surface area (Å²) in [6, 6.07) is 6.69. The summed E-state index contributed by atoms with van der Waals surface area (Å²) in [6.07, 6.45) is -3.17. The number of morpholine rings is 1. The molecule has 0 saturated carbocycles. The average molecular weight is 516 g/mol. The highest BCUT2D eigenvalue weighted by Crippen LogP contribution is 2.31. The molecule has 0 aliphatic carbocycles. The van der Waals surface area contributed by atoms with Gasteiger partial charge in [-0.25, -0.2) is 19.4 Å². The number of hydrogen-bond donors (Lipinski definition) is 1. The first kappa shape index (κ1) is 24.4. The molecule has 0 atom stereocenters. The van der Waals surface area contributed by atoms with E-state index in [1.54, 1.807) is 30.1 Å². The zero-order chi connectivity index (χ0) is 26.5. The van der Waals surface area contributed by atoms with Crippen LogP contribution in [0.4, 0.5) is 23.4 Å². The summed E-state index contributed by atoms with van der Waals surface area (Å²) >= 11 is 0. The van der Waals surface area contributed by atoms with Gasteiger partial charge in [0.05, 0.1) is 47.9 Å². The molecule has 192 valence electrons. The third-order valence-electron chi connectivity index (χ3n) is 6.14. The number of nitrogens with zero attached hydrogens (tertiary/aromatic N) is 5. The molecule has 1 fully saturated rings. The Morgan fingerprint density at radius 1 is 1.19 bits per heavy atom. The Balaban J connectivity index is 1.57. The predicted molar refractivity (Wildman–Crippen MR) is 124 cm³/mol. The molecule has 1 saturated heterocycles. The molecule has 1 aliphatic heterocycles. The number of nitrogens with two attached hydrogens (primary N) is 1. The second kappa shape index (κ2) is 9.00. The maximum atomic E-state index is 14.7. The standard InChI is InChI=1S/C24H20F4N6O3/c1-32-21-16-8-13(3-5-19(16)31-22(29)17(21)10-30-32)23(36)34(33-6-7-37-12-20(33)35)11-14-2-4-15(9-18(14)25)24(26,27)28/h2-5,8-10H,6-7,11-12H2,1H3,(H2,29,31). The Hall–Kier alpha value is -4.26. The molecular formula is C24H20F4N6O3. The van der Waals surface area contributed by atoms with Crippen LogP contribution < -0.4 is 5.73 Å². The maximum absolute atomic E-state index is 14.7. The topological polar surface area (TPSA) is 107 Å². The normalized spacial score (nSPS) is 14.5. The molecule has 0 unspecified atom stereocenters. The number of hydrazine groups is 1. The van der Waals surface area contributed by atoms with Crippen LogP contribution in [0.1, 0.15) is 21.5 Å². The third kappa shape index (κ3) is 4.42. The fourth-order valence-electron chi connectivity index (χ4n) is 4.28. The third-order valence-corrected chi connectivity index (χ3v) is 6.14. The van der Waals surface area contributed by atoms with Gasteiger partial charge in [0.1, 0.15) is 18.2 Å². The average Bonchev–Trinajstić information content (AvgIpc) is 3.25. The molecule has 4 aromatic rings. The van der Waals surface area contributed by atoms with Crippen LogP contribution in [-0.2, 0) is 29.3 Å². The molecular weight excluding hydrogens is 496 g/mol. The molecule has 0 spiro atoms. The van der Waals surface area contributed by atoms with E-state index in [1.807, 2.05) is 0 Å². The first-order valence-electron chi connectivity index (χ1n) is 11.1. The summed E-state index contributed by atoms with van der Waals surface area (Å²) in [5.41, 5.74) is 5.98. The summed E-state index contributed by atoms with van der Waals surface area (Å²) in [6.45, 7) is -0.643. The highest BCUT2D eigenvalue weighted by atomic mass is 19.4. The molecule has 0 bridgehead atoms. The number of hydrogen-bond acceptors (Lipinski definition) is 6. The van der Waals surface area contributed by atoms with E-state index in [0.717, 1.165) is 22.2 Å². The molecule has 9 nitrogen and oxygen atoms in total. The zero-order valence-corrected chi connectivity index (χ0v) is 19.4. The molecule has 5 rings (SSSR count). The Morgan fingerprint density at radius 2 is 1.97 bits per heavy atom. The van der Waals surface area contributed by atoms with Crippen LogP contribution in [-0.4, -0.2) is 56.4 Å². The fraction of sp³-hybridized carbons (Fsp3) is 0.250. The summed E-state index contributed by atoms with van der Waals surface area (Å²) in [7, 11) is 1.71. The highest BCUT2D eigenvalue weighted by Gasteiger charge is 2.33. The largest absolute Gasteiger partial charge is 0.416 e. The Morgan fingerprint density at radius 3 is 2.68 bits per heavy atom. The van der Waals surface area contributed by atoms with Crippen LogP contribution in [0.5, 0.6) is 0 Å². The van der Waals surface area contributed by atoms with E-state index in [4.69, 9.17) is 10.5 Å². The minimum atomic E-state index is -4.73. The second-order valence-electron chi connectivity index (χ2n) is 8.50. The van der Waals surface area contributed by atoms with Gasteiger partial charge in [0, 0.05) is 23.6 Å². The van der Waals surface area contributed by atoms with Crippen molar-refractivity contribution in [3.05, 3.63) is 65.1 Å². The van der Waals surface area contributed by atoms with Gasteiger partial charge in [-0.3, -0.25) is 14.3 Å². The lowest BCUT2D eigenvalue weighted by Crippen LogP contribution is -2.54. The van der Waals surface area contributed by atoms with Crippen LogP contribution in [0.2, 0.25) is 0 Å². The van der Waals surface area contributed by atoms with Gasteiger partial charge >= 0.3 is 6.18 Å². The van der Waals surface area contributed by atoms with Gasteiger partial charge in [-0.1, -0.05) is 6.07 Å². The molecule has 3 heterocycles. The minimum absolute atomic E-state index is 0.00444. The lowest BCUT2D eigenvalue weighted by atomic mass is 10.1. The van der Waals surface area contributed by atoms with Crippen LogP contribution in [0, 0.1) is 5.82 Å². The van der Waals surface area contributed by atoms with Gasteiger partial charge in [-0.05, 0) is 30.3 Å². The van der Waals surface area contributed by atoms with Crippen molar-refractivity contribution in [3.63, 3.8) is 0 Å². The minimum Gasteiger partial charge on any atom is -0.383 e.